The van der Waals surface area contributed by atoms with Gasteiger partial charge in [-0.15, -0.1) is 0 Å². The summed E-state index contributed by atoms with van der Waals surface area (Å²) >= 11 is 0. The van der Waals surface area contributed by atoms with E-state index in [2.05, 4.69) is 6.58 Å². The summed E-state index contributed by atoms with van der Waals surface area (Å²) in [6, 6.07) is 7.77. The lowest BCUT2D eigenvalue weighted by molar-refractivity contribution is -0.131. The van der Waals surface area contributed by atoms with Gasteiger partial charge < -0.3 is 14.2 Å². The molecule has 0 aromatic heterocycles. The van der Waals surface area contributed by atoms with Crippen molar-refractivity contribution < 1.29 is 14.2 Å². The van der Waals surface area contributed by atoms with Crippen LogP contribution in [0.15, 0.2) is 30.8 Å². The fourth-order valence-corrected chi connectivity index (χ4v) is 1.36. The van der Waals surface area contributed by atoms with Gasteiger partial charge in [0.1, 0.15) is 12.4 Å². The molecule has 1 atom stereocenters. The van der Waals surface area contributed by atoms with E-state index >= 15 is 0 Å². The van der Waals surface area contributed by atoms with Gasteiger partial charge in [0.15, 0.2) is 6.29 Å². The maximum absolute atomic E-state index is 5.52. The summed E-state index contributed by atoms with van der Waals surface area (Å²) in [5.41, 5.74) is 1.08. The normalized spacial score (nSPS) is 12.1. The number of hydrogen-bond acceptors (Lipinski definition) is 3. The zero-order chi connectivity index (χ0) is 12.5. The van der Waals surface area contributed by atoms with Gasteiger partial charge in [0, 0.05) is 6.61 Å². The van der Waals surface area contributed by atoms with Gasteiger partial charge in [-0.2, -0.15) is 0 Å². The van der Waals surface area contributed by atoms with Crippen LogP contribution in [-0.2, 0) is 9.47 Å². The lowest BCUT2D eigenvalue weighted by atomic mass is 10.2. The second-order valence-electron chi connectivity index (χ2n) is 3.52. The third-order valence-electron chi connectivity index (χ3n) is 2.22. The SMILES string of the molecule is C=Cc1ccc(OCCOC(C)OCC)cc1. The Morgan fingerprint density at radius 1 is 1.18 bits per heavy atom. The minimum atomic E-state index is -0.174. The Kier molecular flexibility index (Phi) is 6.37. The lowest BCUT2D eigenvalue weighted by Crippen LogP contribution is -2.17. The summed E-state index contributed by atoms with van der Waals surface area (Å²) in [4.78, 5) is 0. The van der Waals surface area contributed by atoms with Gasteiger partial charge >= 0.3 is 0 Å². The van der Waals surface area contributed by atoms with Crippen LogP contribution in [0.1, 0.15) is 19.4 Å². The molecule has 0 aliphatic carbocycles. The molecule has 1 aromatic rings. The third kappa shape index (κ3) is 5.52. The minimum Gasteiger partial charge on any atom is -0.491 e. The molecule has 0 aliphatic heterocycles. The van der Waals surface area contributed by atoms with Crippen molar-refractivity contribution in [1.82, 2.24) is 0 Å². The first kappa shape index (κ1) is 13.7. The predicted molar refractivity (Wildman–Crippen MR) is 69.1 cm³/mol. The molecule has 0 saturated heterocycles. The first-order valence-electron chi connectivity index (χ1n) is 5.84. The first-order chi connectivity index (χ1) is 8.26. The van der Waals surface area contributed by atoms with E-state index in [9.17, 15) is 0 Å². The van der Waals surface area contributed by atoms with Crippen LogP contribution >= 0.6 is 0 Å². The number of benzene rings is 1. The largest absolute Gasteiger partial charge is 0.491 e. The number of hydrogen-bond donors (Lipinski definition) is 0. The summed E-state index contributed by atoms with van der Waals surface area (Å²) in [5.74, 6) is 0.836. The Labute approximate surface area is 103 Å². The van der Waals surface area contributed by atoms with Gasteiger partial charge in [-0.1, -0.05) is 24.8 Å². The maximum Gasteiger partial charge on any atom is 0.154 e. The van der Waals surface area contributed by atoms with E-state index in [1.165, 1.54) is 0 Å². The fourth-order valence-electron chi connectivity index (χ4n) is 1.36. The summed E-state index contributed by atoms with van der Waals surface area (Å²) in [5, 5.41) is 0. The molecule has 0 N–H and O–H groups in total. The van der Waals surface area contributed by atoms with Crippen molar-refractivity contribution in [2.75, 3.05) is 19.8 Å². The van der Waals surface area contributed by atoms with Gasteiger partial charge in [-0.3, -0.25) is 0 Å². The van der Waals surface area contributed by atoms with Crippen LogP contribution in [-0.4, -0.2) is 26.1 Å². The highest BCUT2D eigenvalue weighted by Gasteiger charge is 2.00. The summed E-state index contributed by atoms with van der Waals surface area (Å²) < 4.78 is 16.1. The summed E-state index contributed by atoms with van der Waals surface area (Å²) in [7, 11) is 0. The molecule has 1 unspecified atom stereocenters. The number of rotatable bonds is 8. The van der Waals surface area contributed by atoms with Crippen molar-refractivity contribution in [3.8, 4) is 5.75 Å². The third-order valence-corrected chi connectivity index (χ3v) is 2.22. The van der Waals surface area contributed by atoms with Crippen LogP contribution < -0.4 is 4.74 Å². The highest BCUT2D eigenvalue weighted by atomic mass is 16.7. The quantitative estimate of drug-likeness (QED) is 0.512. The maximum atomic E-state index is 5.52. The van der Waals surface area contributed by atoms with Crippen LogP contribution in [0, 0.1) is 0 Å². The average Bonchev–Trinajstić information content (AvgIpc) is 2.36. The fraction of sp³-hybridized carbons (Fsp3) is 0.429. The Morgan fingerprint density at radius 3 is 2.47 bits per heavy atom. The molecule has 3 heteroatoms. The van der Waals surface area contributed by atoms with Gasteiger partial charge in [-0.05, 0) is 31.5 Å². The van der Waals surface area contributed by atoms with Crippen molar-refractivity contribution in [3.63, 3.8) is 0 Å². The van der Waals surface area contributed by atoms with Crippen molar-refractivity contribution >= 4 is 6.08 Å². The van der Waals surface area contributed by atoms with Crippen molar-refractivity contribution in [2.45, 2.75) is 20.1 Å². The van der Waals surface area contributed by atoms with E-state index in [1.54, 1.807) is 6.08 Å². The van der Waals surface area contributed by atoms with Crippen molar-refractivity contribution in [3.05, 3.63) is 36.4 Å². The molecule has 0 amide bonds. The average molecular weight is 236 g/mol. The molecule has 0 heterocycles. The van der Waals surface area contributed by atoms with E-state index in [0.717, 1.165) is 11.3 Å². The van der Waals surface area contributed by atoms with Crippen LogP contribution in [0.2, 0.25) is 0 Å². The van der Waals surface area contributed by atoms with Crippen LogP contribution in [0.3, 0.4) is 0 Å². The molecule has 94 valence electrons. The molecule has 1 rings (SSSR count). The molecular weight excluding hydrogens is 216 g/mol. The second-order valence-corrected chi connectivity index (χ2v) is 3.52. The Bertz CT molecular complexity index is 319. The molecule has 0 spiro atoms. The first-order valence-corrected chi connectivity index (χ1v) is 5.84. The molecular formula is C14H20O3. The van der Waals surface area contributed by atoms with Crippen LogP contribution in [0.5, 0.6) is 5.75 Å². The monoisotopic (exact) mass is 236 g/mol. The van der Waals surface area contributed by atoms with E-state index in [4.69, 9.17) is 14.2 Å². The molecule has 1 aromatic carbocycles. The lowest BCUT2D eigenvalue weighted by Gasteiger charge is -2.13. The Morgan fingerprint density at radius 2 is 1.88 bits per heavy atom. The van der Waals surface area contributed by atoms with Gasteiger partial charge in [-0.25, -0.2) is 0 Å². The van der Waals surface area contributed by atoms with E-state index < -0.39 is 0 Å². The van der Waals surface area contributed by atoms with E-state index in [1.807, 2.05) is 38.1 Å². The molecule has 17 heavy (non-hydrogen) atoms. The molecule has 0 bridgehead atoms. The Hall–Kier alpha value is -1.32. The van der Waals surface area contributed by atoms with Gasteiger partial charge in [0.2, 0.25) is 0 Å². The molecule has 0 saturated carbocycles. The van der Waals surface area contributed by atoms with Gasteiger partial charge in [0.05, 0.1) is 6.61 Å². The number of ether oxygens (including phenoxy) is 3. The smallest absolute Gasteiger partial charge is 0.154 e. The highest BCUT2D eigenvalue weighted by Crippen LogP contribution is 2.12. The second kappa shape index (κ2) is 7.87. The van der Waals surface area contributed by atoms with Gasteiger partial charge in [0.25, 0.3) is 0 Å². The standard InChI is InChI=1S/C14H20O3/c1-4-13-6-8-14(9-7-13)17-11-10-16-12(3)15-5-2/h4,6-9,12H,1,5,10-11H2,2-3H3. The summed E-state index contributed by atoms with van der Waals surface area (Å²) in [6.45, 7) is 9.21. The zero-order valence-corrected chi connectivity index (χ0v) is 10.5. The highest BCUT2D eigenvalue weighted by molar-refractivity contribution is 5.48. The summed E-state index contributed by atoms with van der Waals surface area (Å²) in [6.07, 6.45) is 1.63. The minimum absolute atomic E-state index is 0.174. The van der Waals surface area contributed by atoms with E-state index in [-0.39, 0.29) is 6.29 Å². The van der Waals surface area contributed by atoms with Crippen LogP contribution in [0.4, 0.5) is 0 Å². The van der Waals surface area contributed by atoms with Crippen LogP contribution in [0.25, 0.3) is 6.08 Å². The molecule has 3 nitrogen and oxygen atoms in total. The molecule has 0 radical (unpaired) electrons. The predicted octanol–water partition coefficient (Wildman–Crippen LogP) is 3.11. The van der Waals surface area contributed by atoms with Crippen molar-refractivity contribution in [1.29, 1.82) is 0 Å². The topological polar surface area (TPSA) is 27.7 Å². The van der Waals surface area contributed by atoms with E-state index in [0.29, 0.717) is 19.8 Å². The van der Waals surface area contributed by atoms with Crippen molar-refractivity contribution in [2.24, 2.45) is 0 Å². The Balaban J connectivity index is 2.19. The molecule has 0 fully saturated rings. The molecule has 0 aliphatic rings. The zero-order valence-electron chi connectivity index (χ0n) is 10.5.